The van der Waals surface area contributed by atoms with Gasteiger partial charge in [-0.25, -0.2) is 9.18 Å². The van der Waals surface area contributed by atoms with Gasteiger partial charge in [-0.2, -0.15) is 0 Å². The van der Waals surface area contributed by atoms with Gasteiger partial charge in [0.25, 0.3) is 5.91 Å². The molecule has 1 aliphatic rings. The molecule has 1 aliphatic heterocycles. The highest BCUT2D eigenvalue weighted by Gasteiger charge is 2.34. The summed E-state index contributed by atoms with van der Waals surface area (Å²) in [6, 6.07) is 4.40. The SMILES string of the molecule is COCCCNc1c(F)cccc1NC1=C(C(=O)OC)CN(CCO)C1=O. The molecule has 0 saturated heterocycles. The fraction of sp³-hybridized carbons (Fsp3) is 0.444. The van der Waals surface area contributed by atoms with E-state index in [-0.39, 0.29) is 36.7 Å². The molecule has 0 unspecified atom stereocenters. The number of nitrogens with zero attached hydrogens (tertiary/aromatic N) is 1. The number of hydrogen-bond acceptors (Lipinski definition) is 7. The number of anilines is 2. The Balaban J connectivity index is 2.28. The Morgan fingerprint density at radius 1 is 1.37 bits per heavy atom. The van der Waals surface area contributed by atoms with Crippen molar-refractivity contribution in [3.05, 3.63) is 35.3 Å². The largest absolute Gasteiger partial charge is 0.466 e. The first kappa shape index (κ1) is 20.7. The molecule has 1 heterocycles. The Morgan fingerprint density at radius 2 is 2.15 bits per heavy atom. The summed E-state index contributed by atoms with van der Waals surface area (Å²) in [5, 5.41) is 15.0. The topological polar surface area (TPSA) is 100 Å². The van der Waals surface area contributed by atoms with Crippen LogP contribution in [-0.2, 0) is 19.1 Å². The summed E-state index contributed by atoms with van der Waals surface area (Å²) in [4.78, 5) is 25.9. The summed E-state index contributed by atoms with van der Waals surface area (Å²) in [5.41, 5.74) is 0.660. The molecule has 1 amide bonds. The van der Waals surface area contributed by atoms with Crippen LogP contribution in [0.2, 0.25) is 0 Å². The fourth-order valence-corrected chi connectivity index (χ4v) is 2.72. The van der Waals surface area contributed by atoms with Crippen molar-refractivity contribution >= 4 is 23.3 Å². The minimum Gasteiger partial charge on any atom is -0.466 e. The van der Waals surface area contributed by atoms with Gasteiger partial charge in [0.2, 0.25) is 0 Å². The average Bonchev–Trinajstić information content (AvgIpc) is 2.96. The molecule has 0 fully saturated rings. The molecule has 148 valence electrons. The second-order valence-corrected chi connectivity index (χ2v) is 5.86. The third kappa shape index (κ3) is 4.95. The first-order valence-corrected chi connectivity index (χ1v) is 8.53. The van der Waals surface area contributed by atoms with Crippen molar-refractivity contribution in [3.63, 3.8) is 0 Å². The summed E-state index contributed by atoms with van der Waals surface area (Å²) in [6.07, 6.45) is 0.670. The molecule has 8 nitrogen and oxygen atoms in total. The molecule has 1 aromatic carbocycles. The summed E-state index contributed by atoms with van der Waals surface area (Å²) in [5.74, 6) is -1.60. The van der Waals surface area contributed by atoms with Crippen LogP contribution in [0.5, 0.6) is 0 Å². The van der Waals surface area contributed by atoms with E-state index in [0.717, 1.165) is 0 Å². The van der Waals surface area contributed by atoms with E-state index in [0.29, 0.717) is 25.3 Å². The summed E-state index contributed by atoms with van der Waals surface area (Å²) in [6.45, 7) is 0.850. The number of nitrogens with one attached hydrogen (secondary N) is 2. The number of esters is 1. The van der Waals surface area contributed by atoms with Crippen molar-refractivity contribution < 1.29 is 28.6 Å². The lowest BCUT2D eigenvalue weighted by molar-refractivity contribution is -0.136. The van der Waals surface area contributed by atoms with E-state index in [1.807, 2.05) is 0 Å². The van der Waals surface area contributed by atoms with Crippen LogP contribution in [0.4, 0.5) is 15.8 Å². The molecule has 0 atom stereocenters. The van der Waals surface area contributed by atoms with Crippen molar-refractivity contribution in [2.75, 3.05) is 57.7 Å². The van der Waals surface area contributed by atoms with Gasteiger partial charge in [-0.3, -0.25) is 4.79 Å². The Labute approximate surface area is 156 Å². The van der Waals surface area contributed by atoms with E-state index in [4.69, 9.17) is 14.6 Å². The number of hydrogen-bond donors (Lipinski definition) is 3. The highest BCUT2D eigenvalue weighted by molar-refractivity contribution is 6.09. The molecule has 1 aromatic rings. The molecule has 0 spiro atoms. The maximum Gasteiger partial charge on any atom is 0.337 e. The molecule has 2 rings (SSSR count). The lowest BCUT2D eigenvalue weighted by Crippen LogP contribution is -2.31. The average molecular weight is 381 g/mol. The van der Waals surface area contributed by atoms with Gasteiger partial charge in [-0.15, -0.1) is 0 Å². The van der Waals surface area contributed by atoms with Crippen LogP contribution in [0, 0.1) is 5.82 Å². The van der Waals surface area contributed by atoms with Crippen LogP contribution >= 0.6 is 0 Å². The number of rotatable bonds is 10. The predicted molar refractivity (Wildman–Crippen MR) is 97.7 cm³/mol. The summed E-state index contributed by atoms with van der Waals surface area (Å²) >= 11 is 0. The third-order valence-corrected chi connectivity index (χ3v) is 4.05. The number of halogens is 1. The fourth-order valence-electron chi connectivity index (χ4n) is 2.72. The molecular formula is C18H24FN3O5. The lowest BCUT2D eigenvalue weighted by atomic mass is 10.2. The Bertz CT molecular complexity index is 723. The number of aliphatic hydroxyl groups excluding tert-OH is 1. The van der Waals surface area contributed by atoms with Gasteiger partial charge in [-0.05, 0) is 18.6 Å². The predicted octanol–water partition coefficient (Wildman–Crippen LogP) is 0.948. The van der Waals surface area contributed by atoms with Gasteiger partial charge in [0.1, 0.15) is 11.5 Å². The van der Waals surface area contributed by atoms with Gasteiger partial charge in [0, 0.05) is 26.8 Å². The molecule has 0 radical (unpaired) electrons. The number of carbonyl (C=O) groups excluding carboxylic acids is 2. The van der Waals surface area contributed by atoms with E-state index in [1.54, 1.807) is 13.2 Å². The second kappa shape index (κ2) is 9.89. The maximum absolute atomic E-state index is 14.3. The van der Waals surface area contributed by atoms with E-state index in [2.05, 4.69) is 10.6 Å². The van der Waals surface area contributed by atoms with E-state index < -0.39 is 17.7 Å². The monoisotopic (exact) mass is 381 g/mol. The molecule has 3 N–H and O–H groups in total. The van der Waals surface area contributed by atoms with Gasteiger partial charge in [0.05, 0.1) is 37.2 Å². The molecular weight excluding hydrogens is 357 g/mol. The van der Waals surface area contributed by atoms with Crippen molar-refractivity contribution in [1.29, 1.82) is 0 Å². The van der Waals surface area contributed by atoms with Crippen LogP contribution in [-0.4, -0.2) is 69.0 Å². The van der Waals surface area contributed by atoms with Gasteiger partial charge in [0.15, 0.2) is 0 Å². The summed E-state index contributed by atoms with van der Waals surface area (Å²) < 4.78 is 24.0. The first-order valence-electron chi connectivity index (χ1n) is 8.53. The highest BCUT2D eigenvalue weighted by Crippen LogP contribution is 2.29. The normalized spacial score (nSPS) is 13.9. The summed E-state index contributed by atoms with van der Waals surface area (Å²) in [7, 11) is 2.80. The first-order chi connectivity index (χ1) is 13.0. The zero-order valence-electron chi connectivity index (χ0n) is 15.4. The van der Waals surface area contributed by atoms with E-state index in [1.165, 1.54) is 24.1 Å². The molecule has 0 saturated carbocycles. The molecule has 0 aliphatic carbocycles. The molecule has 0 aromatic heterocycles. The van der Waals surface area contributed by atoms with E-state index >= 15 is 0 Å². The minimum atomic E-state index is -0.655. The molecule has 9 heteroatoms. The number of ether oxygens (including phenoxy) is 2. The van der Waals surface area contributed by atoms with Crippen LogP contribution < -0.4 is 10.6 Å². The molecule has 27 heavy (non-hydrogen) atoms. The number of benzene rings is 1. The second-order valence-electron chi connectivity index (χ2n) is 5.86. The minimum absolute atomic E-state index is 0.0142. The van der Waals surface area contributed by atoms with Crippen LogP contribution in [0.3, 0.4) is 0 Å². The highest BCUT2D eigenvalue weighted by atomic mass is 19.1. The van der Waals surface area contributed by atoms with Crippen molar-refractivity contribution in [1.82, 2.24) is 4.90 Å². The number of β-amino-alcohol motifs (C(OH)–C–C–N with tert-alkyl or cyclic N) is 1. The van der Waals surface area contributed by atoms with Crippen LogP contribution in [0.15, 0.2) is 29.5 Å². The maximum atomic E-state index is 14.3. The van der Waals surface area contributed by atoms with Gasteiger partial charge in [-0.1, -0.05) is 6.07 Å². The number of amides is 1. The number of aliphatic hydroxyl groups is 1. The number of para-hydroxylation sites is 1. The van der Waals surface area contributed by atoms with Crippen molar-refractivity contribution in [2.45, 2.75) is 6.42 Å². The quantitative estimate of drug-likeness (QED) is 0.410. The number of carbonyl (C=O) groups is 2. The van der Waals surface area contributed by atoms with E-state index in [9.17, 15) is 14.0 Å². The standard InChI is InChI=1S/C18H24FN3O5/c1-26-10-4-7-20-16-13(19)5-3-6-14(16)21-15-12(18(25)27-2)11-22(8-9-23)17(15)24/h3,5-6,20-21,23H,4,7-11H2,1-2H3. The Morgan fingerprint density at radius 3 is 2.81 bits per heavy atom. The Kier molecular flexibility index (Phi) is 7.56. The third-order valence-electron chi connectivity index (χ3n) is 4.05. The zero-order valence-corrected chi connectivity index (χ0v) is 15.4. The number of methoxy groups -OCH3 is 2. The van der Waals surface area contributed by atoms with Crippen molar-refractivity contribution in [3.8, 4) is 0 Å². The van der Waals surface area contributed by atoms with Gasteiger partial charge >= 0.3 is 5.97 Å². The van der Waals surface area contributed by atoms with Crippen LogP contribution in [0.1, 0.15) is 6.42 Å². The van der Waals surface area contributed by atoms with Crippen molar-refractivity contribution in [2.24, 2.45) is 0 Å². The van der Waals surface area contributed by atoms with Gasteiger partial charge < -0.3 is 30.1 Å². The smallest absolute Gasteiger partial charge is 0.337 e. The van der Waals surface area contributed by atoms with Crippen LogP contribution in [0.25, 0.3) is 0 Å². The molecule has 0 bridgehead atoms. The Hall–Kier alpha value is -2.65. The zero-order chi connectivity index (χ0) is 19.8. The lowest BCUT2D eigenvalue weighted by Gasteiger charge is -2.17.